The molecule has 1 unspecified atom stereocenters. The van der Waals surface area contributed by atoms with Crippen molar-refractivity contribution in [1.29, 1.82) is 0 Å². The van der Waals surface area contributed by atoms with Gasteiger partial charge in [0.2, 0.25) is 0 Å². The van der Waals surface area contributed by atoms with Crippen molar-refractivity contribution in [3.05, 3.63) is 58.9 Å². The van der Waals surface area contributed by atoms with Crippen LogP contribution < -0.4 is 10.1 Å². The molecule has 0 aliphatic carbocycles. The van der Waals surface area contributed by atoms with E-state index in [1.54, 1.807) is 19.5 Å². The van der Waals surface area contributed by atoms with Gasteiger partial charge >= 0.3 is 0 Å². The van der Waals surface area contributed by atoms with Crippen LogP contribution in [0.2, 0.25) is 5.02 Å². The number of nitrogens with zero attached hydrogens (tertiary/aromatic N) is 1. The van der Waals surface area contributed by atoms with Gasteiger partial charge in [0.15, 0.2) is 0 Å². The fourth-order valence-corrected chi connectivity index (χ4v) is 2.71. The first kappa shape index (κ1) is 15.8. The van der Waals surface area contributed by atoms with E-state index in [2.05, 4.69) is 22.4 Å². The molecule has 4 heteroatoms. The van der Waals surface area contributed by atoms with Crippen molar-refractivity contribution in [2.75, 3.05) is 20.7 Å². The number of nitrogens with one attached hydrogen (secondary N) is 1. The molecular weight excluding hydrogens is 284 g/mol. The van der Waals surface area contributed by atoms with Crippen LogP contribution in [0.1, 0.15) is 11.1 Å². The average Bonchev–Trinajstić information content (AvgIpc) is 2.50. The molecule has 0 aliphatic rings. The summed E-state index contributed by atoms with van der Waals surface area (Å²) in [5, 5.41) is 4.01. The smallest absolute Gasteiger partial charge is 0.119 e. The van der Waals surface area contributed by atoms with Gasteiger partial charge in [0, 0.05) is 12.4 Å². The number of pyridine rings is 1. The van der Waals surface area contributed by atoms with Crippen molar-refractivity contribution in [2.45, 2.75) is 12.8 Å². The van der Waals surface area contributed by atoms with Crippen molar-refractivity contribution >= 4 is 11.6 Å². The molecule has 0 amide bonds. The summed E-state index contributed by atoms with van der Waals surface area (Å²) >= 11 is 6.22. The molecule has 112 valence electrons. The van der Waals surface area contributed by atoms with Crippen LogP contribution >= 0.6 is 11.6 Å². The summed E-state index contributed by atoms with van der Waals surface area (Å²) in [6.45, 7) is 0.940. The van der Waals surface area contributed by atoms with Crippen molar-refractivity contribution in [2.24, 2.45) is 5.92 Å². The van der Waals surface area contributed by atoms with E-state index in [0.717, 1.165) is 35.7 Å². The SMILES string of the molecule is CNCC(Cc1cccc(OC)c1)Cc1ccncc1Cl. The Balaban J connectivity index is 2.10. The molecule has 3 nitrogen and oxygen atoms in total. The molecule has 1 aromatic carbocycles. The summed E-state index contributed by atoms with van der Waals surface area (Å²) < 4.78 is 5.29. The Bertz CT molecular complexity index is 574. The maximum Gasteiger partial charge on any atom is 0.119 e. The zero-order valence-electron chi connectivity index (χ0n) is 12.5. The molecular formula is C17H21ClN2O. The standard InChI is InChI=1S/C17H21ClN2O/c1-19-11-14(9-15-6-7-20-12-17(15)18)8-13-4-3-5-16(10-13)21-2/h3-7,10,12,14,19H,8-9,11H2,1-2H3. The van der Waals surface area contributed by atoms with E-state index < -0.39 is 0 Å². The minimum atomic E-state index is 0.474. The molecule has 1 atom stereocenters. The fourth-order valence-electron chi connectivity index (χ4n) is 2.52. The largest absolute Gasteiger partial charge is 0.497 e. The summed E-state index contributed by atoms with van der Waals surface area (Å²) in [6, 6.07) is 10.2. The molecule has 2 rings (SSSR count). The molecule has 2 aromatic rings. The number of rotatable bonds is 7. The second-order valence-electron chi connectivity index (χ2n) is 5.15. The molecule has 0 radical (unpaired) electrons. The van der Waals surface area contributed by atoms with E-state index in [4.69, 9.17) is 16.3 Å². The van der Waals surface area contributed by atoms with Gasteiger partial charge in [-0.15, -0.1) is 0 Å². The molecule has 21 heavy (non-hydrogen) atoms. The topological polar surface area (TPSA) is 34.1 Å². The molecule has 0 fully saturated rings. The second-order valence-corrected chi connectivity index (χ2v) is 5.56. The number of aromatic nitrogens is 1. The maximum atomic E-state index is 6.22. The molecule has 0 saturated carbocycles. The minimum absolute atomic E-state index is 0.474. The van der Waals surface area contributed by atoms with Crippen LogP contribution in [-0.4, -0.2) is 25.7 Å². The lowest BCUT2D eigenvalue weighted by atomic mass is 9.92. The Kier molecular flexibility index (Phi) is 6.03. The Hall–Kier alpha value is -1.58. The number of hydrogen-bond donors (Lipinski definition) is 1. The first-order valence-corrected chi connectivity index (χ1v) is 7.46. The summed E-state index contributed by atoms with van der Waals surface area (Å²) in [5.41, 5.74) is 2.43. The van der Waals surface area contributed by atoms with Crippen LogP contribution in [0.5, 0.6) is 5.75 Å². The number of ether oxygens (including phenoxy) is 1. The third-order valence-electron chi connectivity index (χ3n) is 3.52. The highest BCUT2D eigenvalue weighted by molar-refractivity contribution is 6.31. The molecule has 0 spiro atoms. The Morgan fingerprint density at radius 2 is 2.14 bits per heavy atom. The van der Waals surface area contributed by atoms with E-state index in [0.29, 0.717) is 5.92 Å². The van der Waals surface area contributed by atoms with Gasteiger partial charge in [-0.2, -0.15) is 0 Å². The summed E-state index contributed by atoms with van der Waals surface area (Å²) in [7, 11) is 3.67. The van der Waals surface area contributed by atoms with Crippen molar-refractivity contribution in [3.63, 3.8) is 0 Å². The lowest BCUT2D eigenvalue weighted by Crippen LogP contribution is -2.23. The number of hydrogen-bond acceptors (Lipinski definition) is 3. The third kappa shape index (κ3) is 4.73. The van der Waals surface area contributed by atoms with E-state index in [9.17, 15) is 0 Å². The van der Waals surface area contributed by atoms with E-state index in [-0.39, 0.29) is 0 Å². The van der Waals surface area contributed by atoms with E-state index in [1.165, 1.54) is 5.56 Å². The monoisotopic (exact) mass is 304 g/mol. The van der Waals surface area contributed by atoms with Crippen molar-refractivity contribution in [3.8, 4) is 5.75 Å². The van der Waals surface area contributed by atoms with Crippen LogP contribution in [0.4, 0.5) is 0 Å². The van der Waals surface area contributed by atoms with E-state index >= 15 is 0 Å². The Morgan fingerprint density at radius 1 is 1.29 bits per heavy atom. The van der Waals surface area contributed by atoms with Gasteiger partial charge in [-0.05, 0) is 61.7 Å². The lowest BCUT2D eigenvalue weighted by Gasteiger charge is -2.18. The first-order chi connectivity index (χ1) is 10.2. The molecule has 1 N–H and O–H groups in total. The first-order valence-electron chi connectivity index (χ1n) is 7.09. The van der Waals surface area contributed by atoms with Gasteiger partial charge in [0.05, 0.1) is 12.1 Å². The van der Waals surface area contributed by atoms with Gasteiger partial charge in [0.1, 0.15) is 5.75 Å². The molecule has 1 aromatic heterocycles. The predicted octanol–water partition coefficient (Wildman–Crippen LogP) is 3.36. The highest BCUT2D eigenvalue weighted by Gasteiger charge is 2.12. The van der Waals surface area contributed by atoms with Gasteiger partial charge < -0.3 is 10.1 Å². The zero-order valence-corrected chi connectivity index (χ0v) is 13.2. The van der Waals surface area contributed by atoms with Crippen molar-refractivity contribution < 1.29 is 4.74 Å². The minimum Gasteiger partial charge on any atom is -0.497 e. The second kappa shape index (κ2) is 8.01. The van der Waals surface area contributed by atoms with Crippen LogP contribution in [0, 0.1) is 5.92 Å². The summed E-state index contributed by atoms with van der Waals surface area (Å²) in [4.78, 5) is 4.04. The third-order valence-corrected chi connectivity index (χ3v) is 3.86. The molecule has 0 aliphatic heterocycles. The highest BCUT2D eigenvalue weighted by atomic mass is 35.5. The normalized spacial score (nSPS) is 12.1. The van der Waals surface area contributed by atoms with Gasteiger partial charge in [-0.25, -0.2) is 0 Å². The molecule has 0 bridgehead atoms. The van der Waals surface area contributed by atoms with Crippen LogP contribution in [0.3, 0.4) is 0 Å². The predicted molar refractivity (Wildman–Crippen MR) is 87.1 cm³/mol. The Labute approximate surface area is 131 Å². The van der Waals surface area contributed by atoms with Gasteiger partial charge in [0.25, 0.3) is 0 Å². The van der Waals surface area contributed by atoms with Crippen molar-refractivity contribution in [1.82, 2.24) is 10.3 Å². The highest BCUT2D eigenvalue weighted by Crippen LogP contribution is 2.21. The van der Waals surface area contributed by atoms with Gasteiger partial charge in [-0.3, -0.25) is 4.98 Å². The maximum absolute atomic E-state index is 6.22. The average molecular weight is 305 g/mol. The van der Waals surface area contributed by atoms with Gasteiger partial charge in [-0.1, -0.05) is 23.7 Å². The Morgan fingerprint density at radius 3 is 2.86 bits per heavy atom. The van der Waals surface area contributed by atoms with Crippen LogP contribution in [0.15, 0.2) is 42.7 Å². The zero-order chi connectivity index (χ0) is 15.1. The molecule has 0 saturated heterocycles. The number of benzene rings is 1. The van der Waals surface area contributed by atoms with Crippen LogP contribution in [0.25, 0.3) is 0 Å². The summed E-state index contributed by atoms with van der Waals surface area (Å²) in [5.74, 6) is 1.37. The van der Waals surface area contributed by atoms with Crippen LogP contribution in [-0.2, 0) is 12.8 Å². The fraction of sp³-hybridized carbons (Fsp3) is 0.353. The van der Waals surface area contributed by atoms with E-state index in [1.807, 2.05) is 25.2 Å². The quantitative estimate of drug-likeness (QED) is 0.851. The summed E-state index contributed by atoms with van der Waals surface area (Å²) in [6.07, 6.45) is 5.41. The number of halogens is 1. The molecule has 1 heterocycles. The number of methoxy groups -OCH3 is 1. The lowest BCUT2D eigenvalue weighted by molar-refractivity contribution is 0.413.